The third-order valence-corrected chi connectivity index (χ3v) is 4.26. The van der Waals surface area contributed by atoms with E-state index in [1.54, 1.807) is 12.1 Å². The molecule has 0 aromatic heterocycles. The first-order chi connectivity index (χ1) is 9.95. The zero-order chi connectivity index (χ0) is 15.4. The molecule has 7 heteroatoms. The maximum Gasteiger partial charge on any atom is 0.237 e. The molecule has 4 nitrogen and oxygen atoms in total. The number of amides is 1. The first-order valence-corrected chi connectivity index (χ1v) is 7.64. The van der Waals surface area contributed by atoms with E-state index in [1.807, 2.05) is 0 Å². The van der Waals surface area contributed by atoms with E-state index in [1.165, 1.54) is 30.3 Å². The molecular formula is C14H12ClFN2O2S. The molecule has 0 radical (unpaired) electrons. The molecule has 0 bridgehead atoms. The number of anilines is 2. The number of halogens is 2. The Morgan fingerprint density at radius 2 is 1.90 bits per heavy atom. The van der Waals surface area contributed by atoms with Crippen molar-refractivity contribution >= 4 is 39.7 Å². The van der Waals surface area contributed by atoms with Gasteiger partial charge in [-0.25, -0.2) is 4.39 Å². The summed E-state index contributed by atoms with van der Waals surface area (Å²) in [4.78, 5) is 12.2. The zero-order valence-electron chi connectivity index (χ0n) is 10.8. The van der Waals surface area contributed by atoms with Gasteiger partial charge >= 0.3 is 0 Å². The molecule has 1 unspecified atom stereocenters. The molecule has 2 aromatic rings. The molecule has 1 atom stereocenters. The predicted octanol–water partition coefficient (Wildman–Crippen LogP) is 2.81. The van der Waals surface area contributed by atoms with Crippen LogP contribution in [0, 0.1) is 5.82 Å². The molecule has 1 amide bonds. The van der Waals surface area contributed by atoms with Crippen LogP contribution in [0.5, 0.6) is 0 Å². The van der Waals surface area contributed by atoms with Gasteiger partial charge in [0.1, 0.15) is 11.6 Å². The lowest BCUT2D eigenvalue weighted by Crippen LogP contribution is -2.19. The van der Waals surface area contributed by atoms with Crippen molar-refractivity contribution in [1.29, 1.82) is 0 Å². The van der Waals surface area contributed by atoms with Crippen molar-refractivity contribution in [2.75, 3.05) is 16.8 Å². The van der Waals surface area contributed by atoms with Crippen molar-refractivity contribution in [3.05, 3.63) is 53.3 Å². The first-order valence-electron chi connectivity index (χ1n) is 5.94. The summed E-state index contributed by atoms with van der Waals surface area (Å²) in [5.74, 6) is -1.14. The van der Waals surface area contributed by atoms with Crippen LogP contribution in [-0.2, 0) is 15.6 Å². The molecule has 0 saturated heterocycles. The number of hydrogen-bond acceptors (Lipinski definition) is 3. The van der Waals surface area contributed by atoms with Gasteiger partial charge < -0.3 is 11.1 Å². The molecule has 0 saturated carbocycles. The summed E-state index contributed by atoms with van der Waals surface area (Å²) >= 11 is 5.92. The number of nitrogens with two attached hydrogens (primary N) is 1. The monoisotopic (exact) mass is 326 g/mol. The normalized spacial score (nSPS) is 11.9. The molecule has 0 spiro atoms. The van der Waals surface area contributed by atoms with Gasteiger partial charge in [-0.15, -0.1) is 0 Å². The molecule has 2 rings (SSSR count). The topological polar surface area (TPSA) is 72.2 Å². The minimum atomic E-state index is -1.56. The van der Waals surface area contributed by atoms with E-state index in [4.69, 9.17) is 17.3 Å². The average molecular weight is 327 g/mol. The molecule has 0 heterocycles. The Hall–Kier alpha value is -1.92. The first kappa shape index (κ1) is 15.5. The molecule has 110 valence electrons. The number of benzene rings is 2. The van der Waals surface area contributed by atoms with Crippen LogP contribution in [0.1, 0.15) is 0 Å². The molecule has 0 aliphatic heterocycles. The van der Waals surface area contributed by atoms with Crippen LogP contribution in [0.25, 0.3) is 0 Å². The van der Waals surface area contributed by atoms with Crippen LogP contribution in [-0.4, -0.2) is 15.9 Å². The van der Waals surface area contributed by atoms with E-state index in [0.29, 0.717) is 21.3 Å². The quantitative estimate of drug-likeness (QED) is 0.849. The minimum Gasteiger partial charge on any atom is -0.399 e. The number of carbonyl (C=O) groups excluding carboxylic acids is 1. The third-order valence-electron chi connectivity index (χ3n) is 2.60. The van der Waals surface area contributed by atoms with Gasteiger partial charge in [-0.3, -0.25) is 9.00 Å². The van der Waals surface area contributed by atoms with Crippen LogP contribution in [0.2, 0.25) is 5.02 Å². The van der Waals surface area contributed by atoms with Crippen molar-refractivity contribution in [1.82, 2.24) is 0 Å². The Morgan fingerprint density at radius 1 is 1.24 bits per heavy atom. The Kier molecular flexibility index (Phi) is 4.93. The second kappa shape index (κ2) is 6.69. The van der Waals surface area contributed by atoms with Crippen LogP contribution in [0.15, 0.2) is 47.4 Å². The lowest BCUT2D eigenvalue weighted by Gasteiger charge is -2.08. The van der Waals surface area contributed by atoms with Gasteiger partial charge in [-0.05, 0) is 42.5 Å². The summed E-state index contributed by atoms with van der Waals surface area (Å²) in [5.41, 5.74) is 6.42. The third kappa shape index (κ3) is 4.27. The molecule has 0 aliphatic carbocycles. The Bertz CT molecular complexity index is 692. The summed E-state index contributed by atoms with van der Waals surface area (Å²) in [6, 6.07) is 9.83. The standard InChI is InChI=1S/C14H12ClFN2O2S/c15-12-6-3-10(17)7-13(12)18-14(19)8-21(20)11-4-1-9(16)2-5-11/h1-7H,8,17H2,(H,18,19). The molecule has 0 fully saturated rings. The summed E-state index contributed by atoms with van der Waals surface area (Å²) in [5, 5.41) is 2.88. The maximum absolute atomic E-state index is 12.8. The SMILES string of the molecule is Nc1ccc(Cl)c(NC(=O)CS(=O)c2ccc(F)cc2)c1. The Morgan fingerprint density at radius 3 is 2.57 bits per heavy atom. The van der Waals surface area contributed by atoms with E-state index >= 15 is 0 Å². The zero-order valence-corrected chi connectivity index (χ0v) is 12.4. The summed E-state index contributed by atoms with van der Waals surface area (Å²) < 4.78 is 24.8. The fourth-order valence-electron chi connectivity index (χ4n) is 1.61. The minimum absolute atomic E-state index is 0.253. The maximum atomic E-state index is 12.8. The van der Waals surface area contributed by atoms with Crippen molar-refractivity contribution in [2.24, 2.45) is 0 Å². The van der Waals surface area contributed by atoms with Crippen molar-refractivity contribution in [3.8, 4) is 0 Å². The smallest absolute Gasteiger partial charge is 0.237 e. The summed E-state index contributed by atoms with van der Waals surface area (Å²) in [6.45, 7) is 0. The molecular weight excluding hydrogens is 315 g/mol. The van der Waals surface area contributed by atoms with Gasteiger partial charge in [0.15, 0.2) is 0 Å². The highest BCUT2D eigenvalue weighted by Crippen LogP contribution is 2.24. The summed E-state index contributed by atoms with van der Waals surface area (Å²) in [6.07, 6.45) is 0. The van der Waals surface area contributed by atoms with Crippen LogP contribution >= 0.6 is 11.6 Å². The Balaban J connectivity index is 2.03. The second-order valence-electron chi connectivity index (χ2n) is 4.23. The van der Waals surface area contributed by atoms with Gasteiger partial charge in [-0.1, -0.05) is 11.6 Å². The highest BCUT2D eigenvalue weighted by Gasteiger charge is 2.12. The van der Waals surface area contributed by atoms with E-state index in [0.717, 1.165) is 0 Å². The average Bonchev–Trinajstić information content (AvgIpc) is 2.43. The number of rotatable bonds is 4. The fraction of sp³-hybridized carbons (Fsp3) is 0.0714. The van der Waals surface area contributed by atoms with Gasteiger partial charge in [0.25, 0.3) is 0 Å². The number of nitrogens with one attached hydrogen (secondary N) is 1. The fourth-order valence-corrected chi connectivity index (χ4v) is 2.70. The molecule has 21 heavy (non-hydrogen) atoms. The summed E-state index contributed by atoms with van der Waals surface area (Å²) in [7, 11) is -1.56. The molecule has 3 N–H and O–H groups in total. The predicted molar refractivity (Wildman–Crippen MR) is 82.2 cm³/mol. The van der Waals surface area contributed by atoms with E-state index in [2.05, 4.69) is 5.32 Å². The highest BCUT2D eigenvalue weighted by molar-refractivity contribution is 7.85. The van der Waals surface area contributed by atoms with Crippen molar-refractivity contribution in [3.63, 3.8) is 0 Å². The van der Waals surface area contributed by atoms with Crippen molar-refractivity contribution < 1.29 is 13.4 Å². The number of hydrogen-bond donors (Lipinski definition) is 2. The number of carbonyl (C=O) groups is 1. The second-order valence-corrected chi connectivity index (χ2v) is 6.09. The molecule has 2 aromatic carbocycles. The lowest BCUT2D eigenvalue weighted by molar-refractivity contribution is -0.113. The van der Waals surface area contributed by atoms with Crippen LogP contribution < -0.4 is 11.1 Å². The van der Waals surface area contributed by atoms with Gasteiger partial charge in [-0.2, -0.15) is 0 Å². The van der Waals surface area contributed by atoms with E-state index in [9.17, 15) is 13.4 Å². The lowest BCUT2D eigenvalue weighted by atomic mass is 10.3. The number of nitrogen functional groups attached to an aromatic ring is 1. The van der Waals surface area contributed by atoms with Gasteiger partial charge in [0.2, 0.25) is 5.91 Å². The van der Waals surface area contributed by atoms with Crippen LogP contribution in [0.3, 0.4) is 0 Å². The van der Waals surface area contributed by atoms with Crippen LogP contribution in [0.4, 0.5) is 15.8 Å². The van der Waals surface area contributed by atoms with E-state index < -0.39 is 22.5 Å². The van der Waals surface area contributed by atoms with Crippen molar-refractivity contribution in [2.45, 2.75) is 4.90 Å². The largest absolute Gasteiger partial charge is 0.399 e. The Labute approximate surface area is 128 Å². The van der Waals surface area contributed by atoms with Gasteiger partial charge in [0.05, 0.1) is 21.5 Å². The highest BCUT2D eigenvalue weighted by atomic mass is 35.5. The van der Waals surface area contributed by atoms with E-state index in [-0.39, 0.29) is 5.75 Å². The van der Waals surface area contributed by atoms with Gasteiger partial charge in [0, 0.05) is 10.6 Å². The molecule has 0 aliphatic rings.